The highest BCUT2D eigenvalue weighted by atomic mass is 16.1. The zero-order valence-electron chi connectivity index (χ0n) is 10.4. The third-order valence-electron chi connectivity index (χ3n) is 2.64. The summed E-state index contributed by atoms with van der Waals surface area (Å²) in [6.07, 6.45) is 3.20. The Morgan fingerprint density at radius 1 is 1.50 bits per heavy atom. The van der Waals surface area contributed by atoms with E-state index in [1.807, 2.05) is 31.2 Å². The highest BCUT2D eigenvalue weighted by molar-refractivity contribution is 6.03. The van der Waals surface area contributed by atoms with E-state index < -0.39 is 0 Å². The van der Waals surface area contributed by atoms with Gasteiger partial charge in [-0.2, -0.15) is 5.10 Å². The van der Waals surface area contributed by atoms with E-state index in [4.69, 9.17) is 5.73 Å². The van der Waals surface area contributed by atoms with Gasteiger partial charge in [0.2, 0.25) is 0 Å². The first kappa shape index (κ1) is 12.3. The van der Waals surface area contributed by atoms with Gasteiger partial charge in [-0.05, 0) is 24.6 Å². The lowest BCUT2D eigenvalue weighted by Gasteiger charge is -2.08. The van der Waals surface area contributed by atoms with Crippen molar-refractivity contribution in [3.8, 4) is 0 Å². The molecule has 0 saturated heterocycles. The number of hydrogen-bond acceptors (Lipinski definition) is 3. The number of carbonyl (C=O) groups is 1. The molecule has 1 atom stereocenters. The number of aromatic nitrogens is 2. The molecule has 1 aromatic carbocycles. The molecule has 1 aromatic heterocycles. The van der Waals surface area contributed by atoms with Crippen molar-refractivity contribution >= 4 is 11.6 Å². The number of carbonyl (C=O) groups excluding carboxylic acids is 1. The zero-order chi connectivity index (χ0) is 13.1. The van der Waals surface area contributed by atoms with Gasteiger partial charge in [0.05, 0.1) is 11.8 Å². The average Bonchev–Trinajstić information content (AvgIpc) is 2.76. The average molecular weight is 244 g/mol. The Kier molecular flexibility index (Phi) is 3.43. The summed E-state index contributed by atoms with van der Waals surface area (Å²) in [6.45, 7) is 1.90. The van der Waals surface area contributed by atoms with Crippen LogP contribution in [-0.2, 0) is 7.05 Å². The van der Waals surface area contributed by atoms with Gasteiger partial charge in [-0.3, -0.25) is 9.48 Å². The Balaban J connectivity index is 2.14. The lowest BCUT2D eigenvalue weighted by Crippen LogP contribution is -2.12. The first-order valence-electron chi connectivity index (χ1n) is 5.72. The van der Waals surface area contributed by atoms with Gasteiger partial charge in [0.25, 0.3) is 5.91 Å². The van der Waals surface area contributed by atoms with E-state index in [1.165, 1.54) is 6.20 Å². The Morgan fingerprint density at radius 3 is 2.89 bits per heavy atom. The molecule has 5 heteroatoms. The number of aryl methyl sites for hydroxylation is 1. The quantitative estimate of drug-likeness (QED) is 0.863. The SMILES string of the molecule is CC(N)c1cccc(NC(=O)c2cnn(C)c2)c1. The zero-order valence-corrected chi connectivity index (χ0v) is 10.4. The molecule has 0 radical (unpaired) electrons. The second-order valence-electron chi connectivity index (χ2n) is 4.27. The highest BCUT2D eigenvalue weighted by Gasteiger charge is 2.08. The predicted molar refractivity (Wildman–Crippen MR) is 70.2 cm³/mol. The van der Waals surface area contributed by atoms with Gasteiger partial charge in [-0.25, -0.2) is 0 Å². The third kappa shape index (κ3) is 2.75. The lowest BCUT2D eigenvalue weighted by molar-refractivity contribution is 0.102. The Bertz CT molecular complexity index is 560. The molecule has 0 aliphatic carbocycles. The fraction of sp³-hybridized carbons (Fsp3) is 0.231. The van der Waals surface area contributed by atoms with E-state index in [0.29, 0.717) is 5.56 Å². The molecule has 0 aliphatic heterocycles. The molecular weight excluding hydrogens is 228 g/mol. The van der Waals surface area contributed by atoms with Crippen molar-refractivity contribution in [2.45, 2.75) is 13.0 Å². The molecule has 94 valence electrons. The molecule has 0 spiro atoms. The fourth-order valence-corrected chi connectivity index (χ4v) is 1.64. The Morgan fingerprint density at radius 2 is 2.28 bits per heavy atom. The van der Waals surface area contributed by atoms with Gasteiger partial charge in [0, 0.05) is 25.0 Å². The van der Waals surface area contributed by atoms with Crippen molar-refractivity contribution in [2.24, 2.45) is 12.8 Å². The number of rotatable bonds is 3. The maximum absolute atomic E-state index is 11.9. The minimum atomic E-state index is -0.176. The molecule has 5 nitrogen and oxygen atoms in total. The summed E-state index contributed by atoms with van der Waals surface area (Å²) in [5.41, 5.74) is 8.05. The maximum atomic E-state index is 11.9. The van der Waals surface area contributed by atoms with Crippen LogP contribution in [0.1, 0.15) is 28.9 Å². The summed E-state index contributed by atoms with van der Waals surface area (Å²) in [4.78, 5) is 11.9. The second-order valence-corrected chi connectivity index (χ2v) is 4.27. The smallest absolute Gasteiger partial charge is 0.258 e. The largest absolute Gasteiger partial charge is 0.324 e. The van der Waals surface area contributed by atoms with Gasteiger partial charge in [-0.1, -0.05) is 12.1 Å². The maximum Gasteiger partial charge on any atom is 0.258 e. The van der Waals surface area contributed by atoms with Crippen molar-refractivity contribution in [1.29, 1.82) is 0 Å². The van der Waals surface area contributed by atoms with Crippen molar-refractivity contribution in [1.82, 2.24) is 9.78 Å². The Labute approximate surface area is 106 Å². The monoisotopic (exact) mass is 244 g/mol. The third-order valence-corrected chi connectivity index (χ3v) is 2.64. The summed E-state index contributed by atoms with van der Waals surface area (Å²) >= 11 is 0. The van der Waals surface area contributed by atoms with E-state index in [0.717, 1.165) is 11.3 Å². The molecule has 0 fully saturated rings. The molecule has 1 heterocycles. The van der Waals surface area contributed by atoms with Crippen molar-refractivity contribution in [3.63, 3.8) is 0 Å². The summed E-state index contributed by atoms with van der Waals surface area (Å²) in [5, 5.41) is 6.78. The van der Waals surface area contributed by atoms with Crippen LogP contribution in [-0.4, -0.2) is 15.7 Å². The standard InChI is InChI=1S/C13H16N4O/c1-9(14)10-4-3-5-12(6-10)16-13(18)11-7-15-17(2)8-11/h3-9H,14H2,1-2H3,(H,16,18). The molecule has 2 rings (SSSR count). The number of nitrogens with one attached hydrogen (secondary N) is 1. The summed E-state index contributed by atoms with van der Waals surface area (Å²) in [7, 11) is 1.77. The van der Waals surface area contributed by atoms with Gasteiger partial charge >= 0.3 is 0 Å². The number of amides is 1. The van der Waals surface area contributed by atoms with Crippen molar-refractivity contribution in [2.75, 3.05) is 5.32 Å². The van der Waals surface area contributed by atoms with E-state index in [-0.39, 0.29) is 11.9 Å². The molecule has 1 amide bonds. The molecule has 1 unspecified atom stereocenters. The van der Waals surface area contributed by atoms with E-state index >= 15 is 0 Å². The molecule has 0 saturated carbocycles. The highest BCUT2D eigenvalue weighted by Crippen LogP contribution is 2.16. The number of hydrogen-bond donors (Lipinski definition) is 2. The topological polar surface area (TPSA) is 72.9 Å². The van der Waals surface area contributed by atoms with E-state index in [9.17, 15) is 4.79 Å². The first-order chi connectivity index (χ1) is 8.56. The first-order valence-corrected chi connectivity index (χ1v) is 5.72. The molecule has 0 aliphatic rings. The number of benzene rings is 1. The predicted octanol–water partition coefficient (Wildman–Crippen LogP) is 1.69. The minimum absolute atomic E-state index is 0.0553. The van der Waals surface area contributed by atoms with Crippen LogP contribution in [0.4, 0.5) is 5.69 Å². The van der Waals surface area contributed by atoms with Gasteiger partial charge in [0.1, 0.15) is 0 Å². The second kappa shape index (κ2) is 5.01. The fourth-order valence-electron chi connectivity index (χ4n) is 1.64. The van der Waals surface area contributed by atoms with Crippen LogP contribution in [0.3, 0.4) is 0 Å². The van der Waals surface area contributed by atoms with Gasteiger partial charge in [-0.15, -0.1) is 0 Å². The van der Waals surface area contributed by atoms with Crippen LogP contribution in [0, 0.1) is 0 Å². The van der Waals surface area contributed by atoms with Crippen LogP contribution in [0.15, 0.2) is 36.7 Å². The van der Waals surface area contributed by atoms with Crippen LogP contribution < -0.4 is 11.1 Å². The molecule has 18 heavy (non-hydrogen) atoms. The normalized spacial score (nSPS) is 12.2. The van der Waals surface area contributed by atoms with Gasteiger partial charge in [0.15, 0.2) is 0 Å². The van der Waals surface area contributed by atoms with Crippen LogP contribution in [0.5, 0.6) is 0 Å². The number of anilines is 1. The summed E-state index contributed by atoms with van der Waals surface area (Å²) in [5.74, 6) is -0.176. The van der Waals surface area contributed by atoms with Gasteiger partial charge < -0.3 is 11.1 Å². The molecule has 2 aromatic rings. The van der Waals surface area contributed by atoms with E-state index in [2.05, 4.69) is 10.4 Å². The molecule has 0 bridgehead atoms. The molecule has 3 N–H and O–H groups in total. The lowest BCUT2D eigenvalue weighted by atomic mass is 10.1. The van der Waals surface area contributed by atoms with E-state index in [1.54, 1.807) is 17.9 Å². The molecular formula is C13H16N4O. The number of nitrogens with zero attached hydrogens (tertiary/aromatic N) is 2. The van der Waals surface area contributed by atoms with Crippen LogP contribution in [0.25, 0.3) is 0 Å². The van der Waals surface area contributed by atoms with Crippen molar-refractivity contribution < 1.29 is 4.79 Å². The summed E-state index contributed by atoms with van der Waals surface area (Å²) in [6, 6.07) is 7.46. The van der Waals surface area contributed by atoms with Crippen molar-refractivity contribution in [3.05, 3.63) is 47.8 Å². The summed E-state index contributed by atoms with van der Waals surface area (Å²) < 4.78 is 1.59. The van der Waals surface area contributed by atoms with Crippen LogP contribution in [0.2, 0.25) is 0 Å². The minimum Gasteiger partial charge on any atom is -0.324 e. The Hall–Kier alpha value is -2.14. The van der Waals surface area contributed by atoms with Crippen LogP contribution >= 0.6 is 0 Å². The number of nitrogens with two attached hydrogens (primary N) is 1.